The van der Waals surface area contributed by atoms with Crippen molar-refractivity contribution in [3.05, 3.63) is 0 Å². The lowest BCUT2D eigenvalue weighted by Crippen LogP contribution is -2.46. The number of rotatable bonds is 12. The molecule has 0 aliphatic heterocycles. The molecule has 6 N–H and O–H groups in total. The Morgan fingerprint density at radius 1 is 1.05 bits per heavy atom. The minimum absolute atomic E-state index is 0.114. The topological polar surface area (TPSA) is 147 Å². The van der Waals surface area contributed by atoms with Gasteiger partial charge in [-0.05, 0) is 19.4 Å². The molecule has 0 unspecified atom stereocenters. The Labute approximate surface area is 117 Å². The molecule has 0 spiro atoms. The highest BCUT2D eigenvalue weighted by Gasteiger charge is 2.29. The minimum Gasteiger partial charge on any atom is -0.481 e. The smallest absolute Gasteiger partial charge is 0.303 e. The van der Waals surface area contributed by atoms with E-state index >= 15 is 0 Å². The zero-order valence-electron chi connectivity index (χ0n) is 11.2. The van der Waals surface area contributed by atoms with Crippen LogP contribution in [0.1, 0.15) is 25.7 Å². The van der Waals surface area contributed by atoms with Gasteiger partial charge in [-0.25, -0.2) is 0 Å². The van der Waals surface area contributed by atoms with E-state index in [0.717, 1.165) is 0 Å². The lowest BCUT2D eigenvalue weighted by atomic mass is 10.0. The molecule has 0 fully saturated rings. The van der Waals surface area contributed by atoms with Gasteiger partial charge in [0.25, 0.3) is 0 Å². The third-order valence-corrected chi connectivity index (χ3v) is 2.78. The van der Waals surface area contributed by atoms with Crippen molar-refractivity contribution in [3.63, 3.8) is 0 Å². The summed E-state index contributed by atoms with van der Waals surface area (Å²) in [5.41, 5.74) is 0. The lowest BCUT2D eigenvalue weighted by Gasteiger charge is -2.20. The summed E-state index contributed by atoms with van der Waals surface area (Å²) in [6.45, 7) is -0.436. The van der Waals surface area contributed by atoms with Crippen molar-refractivity contribution in [2.75, 3.05) is 19.7 Å². The number of ketones is 1. The number of aliphatic hydroxyl groups is 4. The first-order valence-electron chi connectivity index (χ1n) is 6.50. The fraction of sp³-hybridized carbons (Fsp3) is 0.833. The van der Waals surface area contributed by atoms with Gasteiger partial charge in [-0.2, -0.15) is 0 Å². The van der Waals surface area contributed by atoms with Gasteiger partial charge in [-0.1, -0.05) is 6.42 Å². The number of carboxylic acids is 1. The highest BCUT2D eigenvalue weighted by Crippen LogP contribution is 2.01. The van der Waals surface area contributed by atoms with Gasteiger partial charge < -0.3 is 30.8 Å². The fourth-order valence-corrected chi connectivity index (χ4v) is 1.53. The molecule has 8 nitrogen and oxygen atoms in total. The summed E-state index contributed by atoms with van der Waals surface area (Å²) < 4.78 is 0. The van der Waals surface area contributed by atoms with Crippen molar-refractivity contribution in [2.24, 2.45) is 0 Å². The van der Waals surface area contributed by atoms with Gasteiger partial charge in [0.15, 0.2) is 5.78 Å². The Kier molecular flexibility index (Phi) is 10.1. The summed E-state index contributed by atoms with van der Waals surface area (Å²) in [5, 5.41) is 47.6. The van der Waals surface area contributed by atoms with Crippen molar-refractivity contribution in [3.8, 4) is 0 Å². The second-order valence-electron chi connectivity index (χ2n) is 4.53. The second-order valence-corrected chi connectivity index (χ2v) is 4.53. The zero-order valence-corrected chi connectivity index (χ0v) is 11.2. The number of unbranched alkanes of at least 4 members (excludes halogenated alkanes) is 2. The molecule has 0 saturated carbocycles. The van der Waals surface area contributed by atoms with Crippen LogP contribution in [0, 0.1) is 0 Å². The Morgan fingerprint density at radius 2 is 1.70 bits per heavy atom. The number of hydrogen-bond donors (Lipinski definition) is 6. The molecule has 8 heteroatoms. The quantitative estimate of drug-likeness (QED) is 0.223. The predicted octanol–water partition coefficient (Wildman–Crippen LogP) is -2.13. The number of carbonyl (C=O) groups is 2. The molecule has 0 saturated heterocycles. The normalized spacial score (nSPS) is 15.6. The van der Waals surface area contributed by atoms with Gasteiger partial charge in [0, 0.05) is 6.42 Å². The van der Waals surface area contributed by atoms with Gasteiger partial charge in [0.2, 0.25) is 0 Å². The second kappa shape index (κ2) is 10.7. The van der Waals surface area contributed by atoms with Gasteiger partial charge in [-0.15, -0.1) is 0 Å². The van der Waals surface area contributed by atoms with Gasteiger partial charge in [-0.3, -0.25) is 9.59 Å². The summed E-state index contributed by atoms with van der Waals surface area (Å²) in [7, 11) is 0. The van der Waals surface area contributed by atoms with Gasteiger partial charge >= 0.3 is 5.97 Å². The molecule has 0 amide bonds. The number of carboxylic acid groups (broad SMARTS) is 1. The molecular weight excluding hydrogens is 270 g/mol. The first kappa shape index (κ1) is 18.9. The number of carbonyl (C=O) groups excluding carboxylic acids is 1. The average molecular weight is 293 g/mol. The molecule has 0 aliphatic rings. The maximum Gasteiger partial charge on any atom is 0.303 e. The van der Waals surface area contributed by atoms with Crippen LogP contribution in [0.5, 0.6) is 0 Å². The van der Waals surface area contributed by atoms with E-state index in [9.17, 15) is 19.8 Å². The first-order valence-corrected chi connectivity index (χ1v) is 6.50. The summed E-state index contributed by atoms with van der Waals surface area (Å²) in [5.74, 6) is -1.52. The third kappa shape index (κ3) is 8.18. The zero-order chi connectivity index (χ0) is 15.5. The van der Waals surface area contributed by atoms with E-state index in [1.807, 2.05) is 0 Å². The van der Waals surface area contributed by atoms with Crippen LogP contribution in [-0.4, -0.2) is 75.3 Å². The summed E-state index contributed by atoms with van der Waals surface area (Å²) in [4.78, 5) is 21.7. The Hall–Kier alpha value is -1.06. The van der Waals surface area contributed by atoms with Gasteiger partial charge in [0.1, 0.15) is 18.3 Å². The molecule has 0 aromatic rings. The van der Waals surface area contributed by atoms with E-state index in [2.05, 4.69) is 5.32 Å². The molecule has 0 aromatic carbocycles. The van der Waals surface area contributed by atoms with Crippen molar-refractivity contribution < 1.29 is 35.1 Å². The Bertz CT molecular complexity index is 298. The van der Waals surface area contributed by atoms with E-state index < -0.39 is 36.7 Å². The molecule has 0 rings (SSSR count). The monoisotopic (exact) mass is 293 g/mol. The van der Waals surface area contributed by atoms with Crippen LogP contribution in [0.2, 0.25) is 0 Å². The molecule has 3 atom stereocenters. The van der Waals surface area contributed by atoms with Crippen LogP contribution in [0.25, 0.3) is 0 Å². The van der Waals surface area contributed by atoms with Crippen molar-refractivity contribution >= 4 is 11.8 Å². The van der Waals surface area contributed by atoms with Crippen LogP contribution < -0.4 is 5.32 Å². The first-order chi connectivity index (χ1) is 9.40. The van der Waals surface area contributed by atoms with E-state index in [-0.39, 0.29) is 13.0 Å². The molecule has 0 aliphatic carbocycles. The molecule has 20 heavy (non-hydrogen) atoms. The van der Waals surface area contributed by atoms with E-state index in [0.29, 0.717) is 25.8 Å². The molecular formula is C12H23NO7. The third-order valence-electron chi connectivity index (χ3n) is 2.78. The molecule has 0 bridgehead atoms. The predicted molar refractivity (Wildman–Crippen MR) is 69.1 cm³/mol. The van der Waals surface area contributed by atoms with E-state index in [1.54, 1.807) is 0 Å². The number of Topliss-reactive ketones (excluding diaryl/α,β-unsaturated/α-hetero) is 1. The van der Waals surface area contributed by atoms with Gasteiger partial charge in [0.05, 0.1) is 13.2 Å². The van der Waals surface area contributed by atoms with Crippen LogP contribution in [0.4, 0.5) is 0 Å². The lowest BCUT2D eigenvalue weighted by molar-refractivity contribution is -0.139. The van der Waals surface area contributed by atoms with E-state index in [1.165, 1.54) is 0 Å². The SMILES string of the molecule is O=C(O)CCCCCNCC(=O)[C@@H](O)[C@H](O)[C@H](O)CO. The standard InChI is InChI=1S/C12H23NO7/c14-7-9(16)12(20)11(19)8(15)6-13-5-3-1-2-4-10(17)18/h9,11-14,16,19-20H,1-7H2,(H,17,18)/t9-,11-,12-/m1/s1. The highest BCUT2D eigenvalue weighted by atomic mass is 16.4. The van der Waals surface area contributed by atoms with Crippen LogP contribution in [-0.2, 0) is 9.59 Å². The van der Waals surface area contributed by atoms with Crippen LogP contribution in [0.15, 0.2) is 0 Å². The summed E-state index contributed by atoms with van der Waals surface area (Å²) in [6, 6.07) is 0. The Morgan fingerprint density at radius 3 is 2.25 bits per heavy atom. The molecule has 0 radical (unpaired) electrons. The van der Waals surface area contributed by atoms with Crippen molar-refractivity contribution in [2.45, 2.75) is 44.0 Å². The van der Waals surface area contributed by atoms with E-state index in [4.69, 9.17) is 15.3 Å². The number of hydrogen-bond acceptors (Lipinski definition) is 7. The van der Waals surface area contributed by atoms with Crippen LogP contribution >= 0.6 is 0 Å². The van der Waals surface area contributed by atoms with Crippen LogP contribution in [0.3, 0.4) is 0 Å². The summed E-state index contributed by atoms with van der Waals surface area (Å²) in [6.07, 6.45) is -2.95. The molecule has 0 heterocycles. The van der Waals surface area contributed by atoms with Crippen molar-refractivity contribution in [1.29, 1.82) is 0 Å². The number of aliphatic hydroxyl groups excluding tert-OH is 4. The summed E-state index contributed by atoms with van der Waals surface area (Å²) >= 11 is 0. The molecule has 118 valence electrons. The fourth-order valence-electron chi connectivity index (χ4n) is 1.53. The average Bonchev–Trinajstić information content (AvgIpc) is 2.43. The maximum absolute atomic E-state index is 11.4. The minimum atomic E-state index is -1.75. The highest BCUT2D eigenvalue weighted by molar-refractivity contribution is 5.85. The Balaban J connectivity index is 3.69. The molecule has 0 aromatic heterocycles. The number of nitrogens with one attached hydrogen (secondary N) is 1. The number of aliphatic carboxylic acids is 1. The maximum atomic E-state index is 11.4. The van der Waals surface area contributed by atoms with Crippen molar-refractivity contribution in [1.82, 2.24) is 5.32 Å². The largest absolute Gasteiger partial charge is 0.481 e.